The average molecular weight is 352 g/mol. The van der Waals surface area contributed by atoms with Crippen molar-refractivity contribution in [1.29, 1.82) is 0 Å². The molecular weight excluding hydrogens is 332 g/mol. The van der Waals surface area contributed by atoms with Gasteiger partial charge in [0.15, 0.2) is 17.7 Å². The summed E-state index contributed by atoms with van der Waals surface area (Å²) in [6.07, 6.45) is 4.23. The van der Waals surface area contributed by atoms with E-state index in [2.05, 4.69) is 15.0 Å². The van der Waals surface area contributed by atoms with E-state index >= 15 is 0 Å². The zero-order valence-electron chi connectivity index (χ0n) is 14.0. The van der Waals surface area contributed by atoms with Gasteiger partial charge in [0.05, 0.1) is 12.9 Å². The molecule has 4 atom stereocenters. The van der Waals surface area contributed by atoms with Gasteiger partial charge in [0, 0.05) is 7.11 Å². The number of imidazole rings is 1. The Balaban J connectivity index is 1.62. The van der Waals surface area contributed by atoms with Crippen molar-refractivity contribution in [3.8, 4) is 0 Å². The molecule has 2 aromatic heterocycles. The average Bonchev–Trinajstić information content (AvgIpc) is 3.19. The largest absolute Gasteiger partial charge is 0.353 e. The first-order valence-corrected chi connectivity index (χ1v) is 8.98. The molecule has 2 aliphatic rings. The molecule has 130 valence electrons. The van der Waals surface area contributed by atoms with Crippen molar-refractivity contribution >= 4 is 22.9 Å². The Hall–Kier alpha value is -1.26. The lowest BCUT2D eigenvalue weighted by Gasteiger charge is -2.23. The van der Waals surface area contributed by atoms with Crippen molar-refractivity contribution in [3.05, 3.63) is 12.7 Å². The normalized spacial score (nSPS) is 31.7. The van der Waals surface area contributed by atoms with Gasteiger partial charge in [-0.3, -0.25) is 0 Å². The van der Waals surface area contributed by atoms with Gasteiger partial charge < -0.3 is 23.5 Å². The van der Waals surface area contributed by atoms with E-state index in [1.54, 1.807) is 31.5 Å². The third-order valence-corrected chi connectivity index (χ3v) is 4.96. The molecule has 2 fully saturated rings. The van der Waals surface area contributed by atoms with E-state index in [-0.39, 0.29) is 18.3 Å². The van der Waals surface area contributed by atoms with Crippen molar-refractivity contribution in [1.82, 2.24) is 19.5 Å². The van der Waals surface area contributed by atoms with E-state index in [0.29, 0.717) is 6.54 Å². The molecule has 0 N–H and O–H groups in total. The van der Waals surface area contributed by atoms with Gasteiger partial charge in [-0.05, 0) is 20.1 Å². The summed E-state index contributed by atoms with van der Waals surface area (Å²) in [5.74, 6) is -0.640. The zero-order valence-corrected chi connectivity index (χ0v) is 14.8. The van der Waals surface area contributed by atoms with Crippen LogP contribution in [0.5, 0.6) is 0 Å². The number of rotatable bonds is 4. The standard InChI is InChI=1S/C15H20N4O4S/c1-15(2)22-10-8(21-14(20-3)11(10)23-15)5-19-7-18-9-12(19)16-6-17-13(9)24-4/h6-8,10-11,14H,5H2,1-4H3/t8-,10-,11-,14-/m1/s1. The van der Waals surface area contributed by atoms with E-state index in [9.17, 15) is 0 Å². The van der Waals surface area contributed by atoms with Crippen LogP contribution < -0.4 is 0 Å². The van der Waals surface area contributed by atoms with Gasteiger partial charge in [-0.1, -0.05) is 0 Å². The number of hydrogen-bond acceptors (Lipinski definition) is 8. The second-order valence-corrected chi connectivity index (χ2v) is 7.09. The van der Waals surface area contributed by atoms with Crippen LogP contribution in [0, 0.1) is 0 Å². The minimum Gasteiger partial charge on any atom is -0.353 e. The van der Waals surface area contributed by atoms with Crippen LogP contribution in [0.1, 0.15) is 13.8 Å². The number of hydrogen-bond donors (Lipinski definition) is 0. The Morgan fingerprint density at radius 3 is 2.79 bits per heavy atom. The zero-order chi connectivity index (χ0) is 16.9. The molecule has 2 saturated heterocycles. The van der Waals surface area contributed by atoms with Gasteiger partial charge >= 0.3 is 0 Å². The molecule has 0 bridgehead atoms. The number of aromatic nitrogens is 4. The highest BCUT2D eigenvalue weighted by Crippen LogP contribution is 2.39. The van der Waals surface area contributed by atoms with Crippen LogP contribution >= 0.6 is 11.8 Å². The number of thioether (sulfide) groups is 1. The van der Waals surface area contributed by atoms with Gasteiger partial charge in [0.2, 0.25) is 0 Å². The summed E-state index contributed by atoms with van der Waals surface area (Å²) in [5.41, 5.74) is 1.58. The fourth-order valence-electron chi connectivity index (χ4n) is 3.31. The van der Waals surface area contributed by atoms with Crippen LogP contribution in [-0.4, -0.2) is 63.3 Å². The predicted molar refractivity (Wildman–Crippen MR) is 86.6 cm³/mol. The molecule has 0 spiro atoms. The summed E-state index contributed by atoms with van der Waals surface area (Å²) < 4.78 is 25.3. The summed E-state index contributed by atoms with van der Waals surface area (Å²) in [6.45, 7) is 4.36. The molecule has 0 saturated carbocycles. The lowest BCUT2D eigenvalue weighted by Crippen LogP contribution is -2.32. The van der Waals surface area contributed by atoms with Crippen LogP contribution in [0.25, 0.3) is 11.2 Å². The molecule has 8 nitrogen and oxygen atoms in total. The molecule has 4 rings (SSSR count). The van der Waals surface area contributed by atoms with Crippen LogP contribution in [-0.2, 0) is 25.5 Å². The fraction of sp³-hybridized carbons (Fsp3) is 0.667. The molecule has 9 heteroatoms. The first-order chi connectivity index (χ1) is 11.5. The maximum atomic E-state index is 6.03. The molecule has 24 heavy (non-hydrogen) atoms. The maximum Gasteiger partial charge on any atom is 0.186 e. The van der Waals surface area contributed by atoms with E-state index < -0.39 is 12.1 Å². The summed E-state index contributed by atoms with van der Waals surface area (Å²) in [5, 5.41) is 0.861. The van der Waals surface area contributed by atoms with E-state index in [4.69, 9.17) is 18.9 Å². The van der Waals surface area contributed by atoms with Crippen molar-refractivity contribution in [3.63, 3.8) is 0 Å². The number of nitrogens with zero attached hydrogens (tertiary/aromatic N) is 4. The lowest BCUT2D eigenvalue weighted by molar-refractivity contribution is -0.228. The summed E-state index contributed by atoms with van der Waals surface area (Å²) in [4.78, 5) is 13.1. The molecular formula is C15H20N4O4S. The maximum absolute atomic E-state index is 6.03. The number of fused-ring (bicyclic) bond motifs is 2. The molecule has 0 unspecified atom stereocenters. The number of methoxy groups -OCH3 is 1. The van der Waals surface area contributed by atoms with Gasteiger partial charge in [0.25, 0.3) is 0 Å². The van der Waals surface area contributed by atoms with Crippen LogP contribution in [0.4, 0.5) is 0 Å². The summed E-state index contributed by atoms with van der Waals surface area (Å²) in [7, 11) is 1.61. The third-order valence-electron chi connectivity index (χ3n) is 4.28. The first kappa shape index (κ1) is 16.2. The van der Waals surface area contributed by atoms with Crippen molar-refractivity contribution in [2.75, 3.05) is 13.4 Å². The van der Waals surface area contributed by atoms with Gasteiger partial charge in [0.1, 0.15) is 35.2 Å². The van der Waals surface area contributed by atoms with E-state index in [1.165, 1.54) is 0 Å². The SMILES string of the molecule is CO[C@@H]1O[C@H](Cn2cnc3c(SC)ncnc32)[C@H]2OC(C)(C)O[C@@H]12. The van der Waals surface area contributed by atoms with Gasteiger partial charge in [-0.15, -0.1) is 11.8 Å². The van der Waals surface area contributed by atoms with E-state index in [0.717, 1.165) is 16.2 Å². The van der Waals surface area contributed by atoms with Crippen LogP contribution in [0.2, 0.25) is 0 Å². The Morgan fingerprint density at radius 1 is 1.25 bits per heavy atom. The van der Waals surface area contributed by atoms with Crippen molar-refractivity contribution < 1.29 is 18.9 Å². The highest BCUT2D eigenvalue weighted by Gasteiger charge is 2.55. The molecule has 2 aliphatic heterocycles. The van der Waals surface area contributed by atoms with E-state index in [1.807, 2.05) is 24.7 Å². The Bertz CT molecular complexity index is 752. The summed E-state index contributed by atoms with van der Waals surface area (Å²) in [6, 6.07) is 0. The highest BCUT2D eigenvalue weighted by molar-refractivity contribution is 7.98. The molecule has 2 aromatic rings. The smallest absolute Gasteiger partial charge is 0.186 e. The quantitative estimate of drug-likeness (QED) is 0.604. The van der Waals surface area contributed by atoms with Crippen molar-refractivity contribution in [2.45, 2.75) is 55.8 Å². The van der Waals surface area contributed by atoms with Gasteiger partial charge in [-0.25, -0.2) is 15.0 Å². The first-order valence-electron chi connectivity index (χ1n) is 7.76. The molecule has 0 aliphatic carbocycles. The Morgan fingerprint density at radius 2 is 2.04 bits per heavy atom. The summed E-state index contributed by atoms with van der Waals surface area (Å²) >= 11 is 1.55. The topological polar surface area (TPSA) is 80.5 Å². The van der Waals surface area contributed by atoms with Crippen LogP contribution in [0.15, 0.2) is 17.7 Å². The molecule has 0 aromatic carbocycles. The molecule has 0 radical (unpaired) electrons. The van der Waals surface area contributed by atoms with Gasteiger partial charge in [-0.2, -0.15) is 0 Å². The minimum atomic E-state index is -0.640. The Labute approximate surface area is 143 Å². The second kappa shape index (κ2) is 5.92. The van der Waals surface area contributed by atoms with Crippen LogP contribution in [0.3, 0.4) is 0 Å². The predicted octanol–water partition coefficient (Wildman–Crippen LogP) is 1.44. The fourth-order valence-corrected chi connectivity index (χ4v) is 3.80. The lowest BCUT2D eigenvalue weighted by atomic mass is 10.1. The Kier molecular flexibility index (Phi) is 4.00. The third kappa shape index (κ3) is 2.60. The molecule has 0 amide bonds. The molecule has 4 heterocycles. The highest BCUT2D eigenvalue weighted by atomic mass is 32.2. The minimum absolute atomic E-state index is 0.191. The number of ether oxygens (including phenoxy) is 4. The second-order valence-electron chi connectivity index (χ2n) is 6.30. The van der Waals surface area contributed by atoms with Crippen molar-refractivity contribution in [2.24, 2.45) is 0 Å². The monoisotopic (exact) mass is 352 g/mol.